The molecule has 130 valence electrons. The van der Waals surface area contributed by atoms with Gasteiger partial charge in [0.25, 0.3) is 11.8 Å². The van der Waals surface area contributed by atoms with E-state index in [1.54, 1.807) is 0 Å². The summed E-state index contributed by atoms with van der Waals surface area (Å²) < 4.78 is 37.8. The Morgan fingerprint density at radius 3 is 2.28 bits per heavy atom. The molecule has 3 N–H and O–H groups in total. The van der Waals surface area contributed by atoms with Crippen LogP contribution in [0.3, 0.4) is 0 Å². The Morgan fingerprint density at radius 2 is 1.68 bits per heavy atom. The van der Waals surface area contributed by atoms with E-state index in [4.69, 9.17) is 5.21 Å². The molecule has 0 saturated carbocycles. The van der Waals surface area contributed by atoms with Gasteiger partial charge < -0.3 is 0 Å². The van der Waals surface area contributed by atoms with Gasteiger partial charge in [0.2, 0.25) is 0 Å². The van der Waals surface area contributed by atoms with Crippen LogP contribution in [0.4, 0.5) is 13.2 Å². The van der Waals surface area contributed by atoms with Crippen LogP contribution >= 0.6 is 0 Å². The van der Waals surface area contributed by atoms with Crippen molar-refractivity contribution in [3.63, 3.8) is 0 Å². The van der Waals surface area contributed by atoms with Gasteiger partial charge in [0, 0.05) is 11.1 Å². The molecule has 6 nitrogen and oxygen atoms in total. The molecule has 2 aromatic carbocycles. The van der Waals surface area contributed by atoms with Crippen molar-refractivity contribution in [2.24, 2.45) is 5.10 Å². The number of hydrazone groups is 1. The smallest absolute Gasteiger partial charge is 0.288 e. The molecule has 2 rings (SSSR count). The summed E-state index contributed by atoms with van der Waals surface area (Å²) in [5, 5.41) is 12.1. The Morgan fingerprint density at radius 1 is 1.00 bits per heavy atom. The van der Waals surface area contributed by atoms with Crippen molar-refractivity contribution in [3.05, 3.63) is 70.8 Å². The maximum absolute atomic E-state index is 12.6. The van der Waals surface area contributed by atoms with Crippen LogP contribution in [0.15, 0.2) is 53.6 Å². The number of rotatable bonds is 4. The standard InChI is InChI=1S/C16H12F3N3O3/c17-16(18,19)13-3-1-2-12(8-13)14(23)21-20-9-10-4-6-11(7-5-10)15(24)22-25/h1-9,25H,(H,21,23)(H,22,24)/b20-9+. The summed E-state index contributed by atoms with van der Waals surface area (Å²) in [5.74, 6) is -1.47. The van der Waals surface area contributed by atoms with Gasteiger partial charge in [-0.2, -0.15) is 18.3 Å². The average Bonchev–Trinajstić information content (AvgIpc) is 2.61. The third-order valence-electron chi connectivity index (χ3n) is 3.11. The summed E-state index contributed by atoms with van der Waals surface area (Å²) in [6, 6.07) is 9.81. The van der Waals surface area contributed by atoms with Crippen LogP contribution in [0.5, 0.6) is 0 Å². The first-order chi connectivity index (χ1) is 11.8. The quantitative estimate of drug-likeness (QED) is 0.449. The first kappa shape index (κ1) is 18.1. The molecule has 0 heterocycles. The van der Waals surface area contributed by atoms with Gasteiger partial charge in [-0.15, -0.1) is 0 Å². The van der Waals surface area contributed by atoms with E-state index in [9.17, 15) is 22.8 Å². The Kier molecular flexibility index (Phi) is 5.50. The highest BCUT2D eigenvalue weighted by Crippen LogP contribution is 2.29. The third kappa shape index (κ3) is 4.88. The molecular weight excluding hydrogens is 339 g/mol. The largest absolute Gasteiger partial charge is 0.416 e. The lowest BCUT2D eigenvalue weighted by atomic mass is 10.1. The maximum Gasteiger partial charge on any atom is 0.416 e. The molecule has 9 heteroatoms. The molecule has 0 radical (unpaired) electrons. The Hall–Kier alpha value is -3.20. The summed E-state index contributed by atoms with van der Waals surface area (Å²) in [4.78, 5) is 23.0. The number of carbonyl (C=O) groups excluding carboxylic acids is 2. The molecule has 0 fully saturated rings. The van der Waals surface area contributed by atoms with Crippen molar-refractivity contribution in [1.82, 2.24) is 10.9 Å². The van der Waals surface area contributed by atoms with Crippen LogP contribution in [0.25, 0.3) is 0 Å². The average molecular weight is 351 g/mol. The van der Waals surface area contributed by atoms with E-state index in [2.05, 4.69) is 10.5 Å². The van der Waals surface area contributed by atoms with E-state index in [1.165, 1.54) is 42.0 Å². The Labute approximate surface area is 139 Å². The lowest BCUT2D eigenvalue weighted by Crippen LogP contribution is -2.19. The normalized spacial score (nSPS) is 11.4. The summed E-state index contributed by atoms with van der Waals surface area (Å²) in [6.45, 7) is 0. The highest BCUT2D eigenvalue weighted by atomic mass is 19.4. The van der Waals surface area contributed by atoms with E-state index >= 15 is 0 Å². The highest BCUT2D eigenvalue weighted by Gasteiger charge is 2.30. The number of carbonyl (C=O) groups is 2. The predicted molar refractivity (Wildman–Crippen MR) is 82.2 cm³/mol. The minimum atomic E-state index is -4.54. The van der Waals surface area contributed by atoms with Crippen LogP contribution in [0.2, 0.25) is 0 Å². The molecule has 0 bridgehead atoms. The first-order valence-corrected chi connectivity index (χ1v) is 6.86. The zero-order chi connectivity index (χ0) is 18.4. The van der Waals surface area contributed by atoms with Crippen LogP contribution in [-0.4, -0.2) is 23.2 Å². The Bertz CT molecular complexity index is 802. The molecule has 0 aliphatic heterocycles. The third-order valence-corrected chi connectivity index (χ3v) is 3.11. The molecule has 0 unspecified atom stereocenters. The van der Waals surface area contributed by atoms with Crippen LogP contribution in [-0.2, 0) is 6.18 Å². The number of amides is 2. The van der Waals surface area contributed by atoms with Gasteiger partial charge >= 0.3 is 6.18 Å². The van der Waals surface area contributed by atoms with Crippen molar-refractivity contribution in [1.29, 1.82) is 0 Å². The monoisotopic (exact) mass is 351 g/mol. The second-order valence-electron chi connectivity index (χ2n) is 4.84. The fourth-order valence-electron chi connectivity index (χ4n) is 1.85. The highest BCUT2D eigenvalue weighted by molar-refractivity contribution is 5.96. The van der Waals surface area contributed by atoms with Gasteiger partial charge in [0.05, 0.1) is 11.8 Å². The number of nitrogens with one attached hydrogen (secondary N) is 2. The van der Waals surface area contributed by atoms with Crippen molar-refractivity contribution in [2.45, 2.75) is 6.18 Å². The number of benzene rings is 2. The zero-order valence-corrected chi connectivity index (χ0v) is 12.5. The minimum absolute atomic E-state index is 0.179. The molecule has 0 atom stereocenters. The number of nitrogens with zero attached hydrogens (tertiary/aromatic N) is 1. The van der Waals surface area contributed by atoms with Gasteiger partial charge in [-0.25, -0.2) is 10.9 Å². The zero-order valence-electron chi connectivity index (χ0n) is 12.5. The second kappa shape index (κ2) is 7.58. The number of hydroxylamine groups is 1. The van der Waals surface area contributed by atoms with E-state index in [1.807, 2.05) is 0 Å². The minimum Gasteiger partial charge on any atom is -0.288 e. The van der Waals surface area contributed by atoms with Gasteiger partial charge in [0.15, 0.2) is 0 Å². The molecule has 2 amide bonds. The molecular formula is C16H12F3N3O3. The van der Waals surface area contributed by atoms with E-state index in [0.717, 1.165) is 18.2 Å². The van der Waals surface area contributed by atoms with E-state index < -0.39 is 23.6 Å². The molecule has 25 heavy (non-hydrogen) atoms. The van der Waals surface area contributed by atoms with Gasteiger partial charge in [0.1, 0.15) is 0 Å². The summed E-state index contributed by atoms with van der Waals surface area (Å²) in [6.07, 6.45) is -3.28. The molecule has 2 aromatic rings. The molecule has 0 aliphatic rings. The number of alkyl halides is 3. The lowest BCUT2D eigenvalue weighted by Gasteiger charge is -2.07. The van der Waals surface area contributed by atoms with Crippen LogP contribution in [0.1, 0.15) is 31.8 Å². The van der Waals surface area contributed by atoms with Crippen LogP contribution < -0.4 is 10.9 Å². The van der Waals surface area contributed by atoms with Crippen molar-refractivity contribution in [3.8, 4) is 0 Å². The van der Waals surface area contributed by atoms with Gasteiger partial charge in [-0.05, 0) is 35.9 Å². The number of halogens is 3. The van der Waals surface area contributed by atoms with Crippen molar-refractivity contribution >= 4 is 18.0 Å². The fraction of sp³-hybridized carbons (Fsp3) is 0.0625. The number of hydrogen-bond donors (Lipinski definition) is 3. The molecule has 0 saturated heterocycles. The SMILES string of the molecule is O=C(NO)c1ccc(/C=N/NC(=O)c2cccc(C(F)(F)F)c2)cc1. The molecule has 0 aliphatic carbocycles. The Balaban J connectivity index is 2.02. The fourth-order valence-corrected chi connectivity index (χ4v) is 1.85. The molecule has 0 aromatic heterocycles. The second-order valence-corrected chi connectivity index (χ2v) is 4.84. The van der Waals surface area contributed by atoms with Crippen LogP contribution in [0, 0.1) is 0 Å². The first-order valence-electron chi connectivity index (χ1n) is 6.86. The van der Waals surface area contributed by atoms with Gasteiger partial charge in [-0.3, -0.25) is 14.8 Å². The van der Waals surface area contributed by atoms with E-state index in [-0.39, 0.29) is 11.1 Å². The summed E-state index contributed by atoms with van der Waals surface area (Å²) >= 11 is 0. The summed E-state index contributed by atoms with van der Waals surface area (Å²) in [5.41, 5.74) is 3.24. The summed E-state index contributed by atoms with van der Waals surface area (Å²) in [7, 11) is 0. The van der Waals surface area contributed by atoms with Gasteiger partial charge in [-0.1, -0.05) is 18.2 Å². The van der Waals surface area contributed by atoms with Crippen molar-refractivity contribution in [2.75, 3.05) is 0 Å². The lowest BCUT2D eigenvalue weighted by molar-refractivity contribution is -0.137. The maximum atomic E-state index is 12.6. The molecule has 0 spiro atoms. The van der Waals surface area contributed by atoms with Crippen molar-refractivity contribution < 1.29 is 28.0 Å². The topological polar surface area (TPSA) is 90.8 Å². The number of hydrogen-bond acceptors (Lipinski definition) is 4. The van der Waals surface area contributed by atoms with E-state index in [0.29, 0.717) is 5.56 Å². The predicted octanol–water partition coefficient (Wildman–Crippen LogP) is 2.59.